The number of likely N-dealkylation sites (N-methyl/N-ethyl adjacent to an activating group) is 1. The first kappa shape index (κ1) is 32.2. The molecule has 238 valence electrons. The Kier molecular flexibility index (Phi) is 11.0. The fourth-order valence-electron chi connectivity index (χ4n) is 9.12. The molecular weight excluding hydrogens is 564 g/mol. The number of aliphatic carboxylic acids is 2. The third kappa shape index (κ3) is 7.54. The van der Waals surface area contributed by atoms with Crippen LogP contribution in [-0.4, -0.2) is 75.4 Å². The highest BCUT2D eigenvalue weighted by atomic mass is 32.1. The maximum atomic E-state index is 11.8. The third-order valence-electron chi connectivity index (χ3n) is 11.3. The zero-order chi connectivity index (χ0) is 30.5. The van der Waals surface area contributed by atoms with Gasteiger partial charge in [-0.05, 0) is 97.6 Å². The van der Waals surface area contributed by atoms with Gasteiger partial charge in [0, 0.05) is 25.0 Å². The quantitative estimate of drug-likeness (QED) is 0.326. The predicted molar refractivity (Wildman–Crippen MR) is 169 cm³/mol. The van der Waals surface area contributed by atoms with Crippen LogP contribution in [0.25, 0.3) is 6.08 Å². The van der Waals surface area contributed by atoms with Gasteiger partial charge in [-0.25, -0.2) is 0 Å². The van der Waals surface area contributed by atoms with E-state index in [9.17, 15) is 30.0 Å². The van der Waals surface area contributed by atoms with Crippen LogP contribution >= 0.6 is 11.3 Å². The lowest BCUT2D eigenvalue weighted by Gasteiger charge is -2.51. The van der Waals surface area contributed by atoms with Gasteiger partial charge < -0.3 is 25.3 Å². The minimum Gasteiger partial charge on any atom is -0.481 e. The molecule has 10 unspecified atom stereocenters. The number of amidine groups is 1. The van der Waals surface area contributed by atoms with Crippen molar-refractivity contribution in [3.05, 3.63) is 28.5 Å². The average Bonchev–Trinajstić information content (AvgIpc) is 3.53. The molecule has 1 aromatic rings. The number of thiophene rings is 1. The lowest BCUT2D eigenvalue weighted by molar-refractivity contribution is -0.162. The second kappa shape index (κ2) is 14.7. The van der Waals surface area contributed by atoms with E-state index in [1.807, 2.05) is 0 Å². The van der Waals surface area contributed by atoms with Gasteiger partial charge in [-0.2, -0.15) is 0 Å². The molecule has 0 spiro atoms. The Morgan fingerprint density at radius 1 is 0.884 bits per heavy atom. The number of nitrogens with zero attached hydrogens (tertiary/aromatic N) is 2. The smallest absolute Gasteiger partial charge is 0.309 e. The fourth-order valence-corrected chi connectivity index (χ4v) is 9.73. The predicted octanol–water partition coefficient (Wildman–Crippen LogP) is 5.65. The maximum Gasteiger partial charge on any atom is 0.309 e. The van der Waals surface area contributed by atoms with E-state index < -0.39 is 36.0 Å². The molecule has 9 heteroatoms. The number of hydrogen-bond acceptors (Lipinski definition) is 7. The first-order valence-electron chi connectivity index (χ1n) is 16.5. The van der Waals surface area contributed by atoms with Crippen LogP contribution in [-0.2, 0) is 9.59 Å². The Morgan fingerprint density at radius 3 is 1.93 bits per heavy atom. The Hall–Kier alpha value is -2.23. The second-order valence-electron chi connectivity index (χ2n) is 13.7. The molecule has 4 saturated carbocycles. The van der Waals surface area contributed by atoms with Crippen molar-refractivity contribution < 1.29 is 30.0 Å². The van der Waals surface area contributed by atoms with E-state index in [4.69, 9.17) is 0 Å². The molecule has 0 amide bonds. The number of hydrogen-bond donors (Lipinski definition) is 4. The van der Waals surface area contributed by atoms with E-state index in [0.29, 0.717) is 42.9 Å². The highest BCUT2D eigenvalue weighted by molar-refractivity contribution is 7.10. The van der Waals surface area contributed by atoms with Gasteiger partial charge in [0.05, 0.1) is 24.0 Å². The van der Waals surface area contributed by atoms with Crippen LogP contribution in [0.5, 0.6) is 0 Å². The van der Waals surface area contributed by atoms with Gasteiger partial charge in [-0.3, -0.25) is 14.6 Å². The zero-order valence-corrected chi connectivity index (χ0v) is 26.3. The molecule has 8 nitrogen and oxygen atoms in total. The van der Waals surface area contributed by atoms with Crippen LogP contribution in [0.4, 0.5) is 0 Å². The SMILES string of the molecule is CN1CCCN=C1/C=C/c1cccs1.O=C(O)C1CC2CCCCC2C(CC2C(O)C(C(=O)O)CC3CCCCC32)C1O. The standard InChI is InChI=1S/C23H36O6.C11H14N2S/c24-20-16(14-7-3-1-5-12(14)9-18(20)22(26)27)11-17-15-8-4-2-6-13(15)10-19(21(17)25)23(28)29;1-13-8-3-7-12-11(13)6-5-10-4-2-9-14-10/h12-21,24-25H,1-11H2,(H,26,27)(H,28,29);2,4-6,9H,3,7-8H2,1H3/b;6-5+. The summed E-state index contributed by atoms with van der Waals surface area (Å²) in [5.41, 5.74) is 0. The van der Waals surface area contributed by atoms with Gasteiger partial charge in [0.1, 0.15) is 5.84 Å². The van der Waals surface area contributed by atoms with Crippen LogP contribution in [0.3, 0.4) is 0 Å². The van der Waals surface area contributed by atoms with E-state index in [1.54, 1.807) is 11.3 Å². The van der Waals surface area contributed by atoms with Crippen LogP contribution < -0.4 is 0 Å². The molecule has 4 fully saturated rings. The van der Waals surface area contributed by atoms with E-state index in [-0.39, 0.29) is 11.8 Å². The van der Waals surface area contributed by atoms with Gasteiger partial charge in [0.15, 0.2) is 0 Å². The molecule has 5 aliphatic rings. The monoisotopic (exact) mass is 614 g/mol. The number of aliphatic hydroxyl groups is 2. The number of carbonyl (C=O) groups is 2. The molecule has 0 aromatic carbocycles. The van der Waals surface area contributed by atoms with Crippen LogP contribution in [0.1, 0.15) is 81.9 Å². The first-order chi connectivity index (χ1) is 20.7. The molecule has 1 aliphatic heterocycles. The molecule has 43 heavy (non-hydrogen) atoms. The minimum atomic E-state index is -0.922. The van der Waals surface area contributed by atoms with Crippen molar-refractivity contribution in [3.8, 4) is 0 Å². The number of carboxylic acid groups (broad SMARTS) is 2. The molecule has 4 aliphatic carbocycles. The summed E-state index contributed by atoms with van der Waals surface area (Å²) in [4.78, 5) is 31.6. The molecule has 0 bridgehead atoms. The molecule has 10 atom stereocenters. The number of aliphatic imine (C=N–C) groups is 1. The summed E-state index contributed by atoms with van der Waals surface area (Å²) in [6, 6.07) is 4.18. The van der Waals surface area contributed by atoms with Crippen molar-refractivity contribution in [2.45, 2.75) is 89.3 Å². The average molecular weight is 615 g/mol. The summed E-state index contributed by atoms with van der Waals surface area (Å²) in [6.07, 6.45) is 13.8. The van der Waals surface area contributed by atoms with Crippen molar-refractivity contribution in [2.75, 3.05) is 20.1 Å². The fraction of sp³-hybridized carbons (Fsp3) is 0.735. The Balaban J connectivity index is 0.000000220. The highest BCUT2D eigenvalue weighted by Crippen LogP contribution is 2.53. The van der Waals surface area contributed by atoms with Crippen molar-refractivity contribution >= 4 is 35.2 Å². The molecular formula is C34H50N2O6S. The Morgan fingerprint density at radius 2 is 1.44 bits per heavy atom. The van der Waals surface area contributed by atoms with Crippen molar-refractivity contribution in [2.24, 2.45) is 52.3 Å². The first-order valence-corrected chi connectivity index (χ1v) is 17.4. The van der Waals surface area contributed by atoms with E-state index in [0.717, 1.165) is 70.3 Å². The largest absolute Gasteiger partial charge is 0.481 e. The number of fused-ring (bicyclic) bond motifs is 2. The number of carboxylic acids is 2. The number of aliphatic hydroxyl groups excluding tert-OH is 2. The lowest BCUT2D eigenvalue weighted by Crippen LogP contribution is -2.52. The Labute approximate surface area is 259 Å². The summed E-state index contributed by atoms with van der Waals surface area (Å²) in [5, 5.41) is 43.6. The highest BCUT2D eigenvalue weighted by Gasteiger charge is 2.52. The molecule has 2 heterocycles. The summed E-state index contributed by atoms with van der Waals surface area (Å²) in [6.45, 7) is 2.09. The summed E-state index contributed by atoms with van der Waals surface area (Å²) >= 11 is 1.75. The normalized spacial score (nSPS) is 37.8. The van der Waals surface area contributed by atoms with Gasteiger partial charge >= 0.3 is 11.9 Å². The zero-order valence-electron chi connectivity index (χ0n) is 25.5. The van der Waals surface area contributed by atoms with Crippen molar-refractivity contribution in [1.29, 1.82) is 0 Å². The summed E-state index contributed by atoms with van der Waals surface area (Å²) in [7, 11) is 2.09. The number of rotatable bonds is 6. The third-order valence-corrected chi connectivity index (χ3v) is 12.1. The molecule has 1 aromatic heterocycles. The lowest BCUT2D eigenvalue weighted by atomic mass is 9.55. The maximum absolute atomic E-state index is 11.8. The van der Waals surface area contributed by atoms with Gasteiger partial charge in [0.2, 0.25) is 0 Å². The van der Waals surface area contributed by atoms with Gasteiger partial charge in [-0.1, -0.05) is 44.6 Å². The van der Waals surface area contributed by atoms with E-state index >= 15 is 0 Å². The van der Waals surface area contributed by atoms with Crippen molar-refractivity contribution in [1.82, 2.24) is 4.90 Å². The van der Waals surface area contributed by atoms with Crippen molar-refractivity contribution in [3.63, 3.8) is 0 Å². The Bertz CT molecular complexity index is 1090. The molecule has 0 radical (unpaired) electrons. The minimum absolute atomic E-state index is 0.148. The summed E-state index contributed by atoms with van der Waals surface area (Å²) in [5.74, 6) is -1.26. The van der Waals surface area contributed by atoms with Gasteiger partial charge in [0.25, 0.3) is 0 Å². The van der Waals surface area contributed by atoms with Crippen LogP contribution in [0.15, 0.2) is 28.6 Å². The van der Waals surface area contributed by atoms with E-state index in [2.05, 4.69) is 46.6 Å². The molecule has 0 saturated heterocycles. The van der Waals surface area contributed by atoms with Crippen LogP contribution in [0, 0.1) is 47.3 Å². The molecule has 4 N–H and O–H groups in total. The topological polar surface area (TPSA) is 131 Å². The van der Waals surface area contributed by atoms with Gasteiger partial charge in [-0.15, -0.1) is 11.3 Å². The van der Waals surface area contributed by atoms with E-state index in [1.165, 1.54) is 11.3 Å². The second-order valence-corrected chi connectivity index (χ2v) is 14.7. The molecule has 6 rings (SSSR count). The summed E-state index contributed by atoms with van der Waals surface area (Å²) < 4.78 is 0. The van der Waals surface area contributed by atoms with Crippen LogP contribution in [0.2, 0.25) is 0 Å².